The topological polar surface area (TPSA) is 55.6 Å². The van der Waals surface area contributed by atoms with Gasteiger partial charge in [-0.2, -0.15) is 0 Å². The molecule has 1 aromatic carbocycles. The second-order valence-electron chi connectivity index (χ2n) is 6.53. The molecule has 0 bridgehead atoms. The van der Waals surface area contributed by atoms with Crippen LogP contribution in [0.15, 0.2) is 30.3 Å². The fourth-order valence-corrected chi connectivity index (χ4v) is 3.03. The van der Waals surface area contributed by atoms with Crippen molar-refractivity contribution in [1.82, 2.24) is 4.90 Å². The van der Waals surface area contributed by atoms with Gasteiger partial charge in [0, 0.05) is 25.6 Å². The van der Waals surface area contributed by atoms with Crippen LogP contribution in [0.4, 0.5) is 0 Å². The number of hydrogen-bond acceptors (Lipinski definition) is 3. The van der Waals surface area contributed by atoms with Crippen molar-refractivity contribution in [2.75, 3.05) is 32.8 Å². The summed E-state index contributed by atoms with van der Waals surface area (Å²) in [5.41, 5.74) is 7.20. The van der Waals surface area contributed by atoms with Gasteiger partial charge in [-0.15, -0.1) is 0 Å². The minimum Gasteiger partial charge on any atom is -0.381 e. The van der Waals surface area contributed by atoms with E-state index in [1.54, 1.807) is 0 Å². The molecule has 1 aliphatic rings. The van der Waals surface area contributed by atoms with Gasteiger partial charge in [0.15, 0.2) is 0 Å². The molecule has 0 aromatic heterocycles. The number of carbonyl (C=O) groups excluding carboxylic acids is 1. The number of carbonyl (C=O) groups is 1. The molecule has 1 amide bonds. The van der Waals surface area contributed by atoms with Crippen LogP contribution in [0.5, 0.6) is 0 Å². The number of nitrogens with zero attached hydrogens (tertiary/aromatic N) is 1. The minimum absolute atomic E-state index is 0.181. The van der Waals surface area contributed by atoms with Gasteiger partial charge in [0.25, 0.3) is 0 Å². The summed E-state index contributed by atoms with van der Waals surface area (Å²) < 4.78 is 5.52. The molecule has 0 radical (unpaired) electrons. The Labute approximate surface area is 133 Å². The molecule has 4 nitrogen and oxygen atoms in total. The van der Waals surface area contributed by atoms with E-state index in [0.29, 0.717) is 43.9 Å². The normalized spacial score (nSPS) is 21.5. The Kier molecular flexibility index (Phi) is 6.40. The Morgan fingerprint density at radius 2 is 2.05 bits per heavy atom. The predicted molar refractivity (Wildman–Crippen MR) is 88.6 cm³/mol. The molecule has 4 heteroatoms. The molecule has 22 heavy (non-hydrogen) atoms. The van der Waals surface area contributed by atoms with Crippen molar-refractivity contribution >= 4 is 5.91 Å². The number of benzene rings is 1. The van der Waals surface area contributed by atoms with E-state index in [0.717, 1.165) is 13.1 Å². The van der Waals surface area contributed by atoms with E-state index in [1.807, 2.05) is 23.1 Å². The third kappa shape index (κ3) is 4.55. The molecule has 122 valence electrons. The van der Waals surface area contributed by atoms with Crippen LogP contribution in [0.3, 0.4) is 0 Å². The maximum atomic E-state index is 12.3. The number of rotatable bonds is 7. The quantitative estimate of drug-likeness (QED) is 0.786. The van der Waals surface area contributed by atoms with Crippen LogP contribution in [0.25, 0.3) is 0 Å². The Morgan fingerprint density at radius 1 is 1.32 bits per heavy atom. The van der Waals surface area contributed by atoms with Crippen LogP contribution in [-0.4, -0.2) is 43.7 Å². The highest BCUT2D eigenvalue weighted by Crippen LogP contribution is 2.32. The van der Waals surface area contributed by atoms with Crippen LogP contribution in [-0.2, 0) is 9.53 Å². The summed E-state index contributed by atoms with van der Waals surface area (Å²) in [4.78, 5) is 14.3. The molecule has 2 atom stereocenters. The van der Waals surface area contributed by atoms with Gasteiger partial charge in [0.1, 0.15) is 0 Å². The molecular formula is C18H28N2O2. The molecule has 1 aromatic rings. The lowest BCUT2D eigenvalue weighted by Gasteiger charge is -2.17. The summed E-state index contributed by atoms with van der Waals surface area (Å²) in [6.45, 7) is 7.60. The Hall–Kier alpha value is -1.39. The van der Waals surface area contributed by atoms with Gasteiger partial charge in [0.2, 0.25) is 5.91 Å². The standard InChI is InChI=1S/C18H28N2O2/c1-14(2)13-22-9-8-18(21)20-11-16(10-19)17(12-20)15-6-4-3-5-7-15/h3-7,14,16-17H,8-13,19H2,1-2H3/t16-,17+/m1/s1. The van der Waals surface area contributed by atoms with Crippen molar-refractivity contribution < 1.29 is 9.53 Å². The molecule has 0 saturated carbocycles. The highest BCUT2D eigenvalue weighted by Gasteiger charge is 2.34. The van der Waals surface area contributed by atoms with E-state index in [4.69, 9.17) is 10.5 Å². The average molecular weight is 304 g/mol. The van der Waals surface area contributed by atoms with Crippen molar-refractivity contribution in [1.29, 1.82) is 0 Å². The summed E-state index contributed by atoms with van der Waals surface area (Å²) in [5, 5.41) is 0. The molecule has 1 fully saturated rings. The van der Waals surface area contributed by atoms with Gasteiger partial charge in [-0.05, 0) is 23.9 Å². The van der Waals surface area contributed by atoms with E-state index in [9.17, 15) is 4.79 Å². The third-order valence-corrected chi connectivity index (χ3v) is 4.24. The fraction of sp³-hybridized carbons (Fsp3) is 0.611. The summed E-state index contributed by atoms with van der Waals surface area (Å²) in [7, 11) is 0. The Balaban J connectivity index is 1.87. The Morgan fingerprint density at radius 3 is 2.68 bits per heavy atom. The molecule has 1 saturated heterocycles. The summed E-state index contributed by atoms with van der Waals surface area (Å²) in [6, 6.07) is 10.4. The first-order valence-corrected chi connectivity index (χ1v) is 8.22. The molecule has 0 unspecified atom stereocenters. The first kappa shape index (κ1) is 17.0. The van der Waals surface area contributed by atoms with Crippen molar-refractivity contribution in [3.05, 3.63) is 35.9 Å². The minimum atomic E-state index is 0.181. The monoisotopic (exact) mass is 304 g/mol. The average Bonchev–Trinajstić information content (AvgIpc) is 2.96. The molecule has 1 aliphatic heterocycles. The molecule has 1 heterocycles. The lowest BCUT2D eigenvalue weighted by Crippen LogP contribution is -2.30. The molecule has 0 aliphatic carbocycles. The zero-order valence-corrected chi connectivity index (χ0v) is 13.7. The SMILES string of the molecule is CC(C)COCCC(=O)N1C[C@@H](CN)[C@H](c2ccccc2)C1. The third-order valence-electron chi connectivity index (χ3n) is 4.24. The van der Waals surface area contributed by atoms with Gasteiger partial charge < -0.3 is 15.4 Å². The highest BCUT2D eigenvalue weighted by atomic mass is 16.5. The van der Waals surface area contributed by atoms with Crippen molar-refractivity contribution in [2.45, 2.75) is 26.2 Å². The zero-order valence-electron chi connectivity index (χ0n) is 13.7. The number of nitrogens with two attached hydrogens (primary N) is 1. The van der Waals surface area contributed by atoms with Crippen LogP contribution >= 0.6 is 0 Å². The maximum Gasteiger partial charge on any atom is 0.224 e. The van der Waals surface area contributed by atoms with Gasteiger partial charge >= 0.3 is 0 Å². The van der Waals surface area contributed by atoms with Gasteiger partial charge in [-0.1, -0.05) is 44.2 Å². The van der Waals surface area contributed by atoms with Crippen LogP contribution in [0.1, 0.15) is 31.7 Å². The van der Waals surface area contributed by atoms with Crippen LogP contribution in [0, 0.1) is 11.8 Å². The lowest BCUT2D eigenvalue weighted by atomic mass is 9.89. The predicted octanol–water partition coefficient (Wildman–Crippen LogP) is 2.25. The highest BCUT2D eigenvalue weighted by molar-refractivity contribution is 5.76. The molecule has 2 N–H and O–H groups in total. The number of likely N-dealkylation sites (tertiary alicyclic amines) is 1. The van der Waals surface area contributed by atoms with E-state index in [1.165, 1.54) is 5.56 Å². The fourth-order valence-electron chi connectivity index (χ4n) is 3.03. The lowest BCUT2D eigenvalue weighted by molar-refractivity contribution is -0.131. The van der Waals surface area contributed by atoms with E-state index in [-0.39, 0.29) is 5.91 Å². The van der Waals surface area contributed by atoms with Crippen molar-refractivity contribution in [3.63, 3.8) is 0 Å². The van der Waals surface area contributed by atoms with Gasteiger partial charge in [-0.3, -0.25) is 4.79 Å². The second kappa shape index (κ2) is 8.30. The van der Waals surface area contributed by atoms with Crippen LogP contribution in [0.2, 0.25) is 0 Å². The first-order chi connectivity index (χ1) is 10.6. The molecule has 2 rings (SSSR count). The number of amides is 1. The zero-order chi connectivity index (χ0) is 15.9. The Bertz CT molecular complexity index is 461. The smallest absolute Gasteiger partial charge is 0.224 e. The number of hydrogen-bond donors (Lipinski definition) is 1. The summed E-state index contributed by atoms with van der Waals surface area (Å²) in [5.74, 6) is 1.39. The van der Waals surface area contributed by atoms with E-state index < -0.39 is 0 Å². The molecule has 0 spiro atoms. The largest absolute Gasteiger partial charge is 0.381 e. The first-order valence-electron chi connectivity index (χ1n) is 8.22. The van der Waals surface area contributed by atoms with Gasteiger partial charge in [0.05, 0.1) is 13.0 Å². The van der Waals surface area contributed by atoms with E-state index >= 15 is 0 Å². The van der Waals surface area contributed by atoms with Crippen molar-refractivity contribution in [3.8, 4) is 0 Å². The maximum absolute atomic E-state index is 12.3. The van der Waals surface area contributed by atoms with E-state index in [2.05, 4.69) is 26.0 Å². The summed E-state index contributed by atoms with van der Waals surface area (Å²) >= 11 is 0. The number of ether oxygens (including phenoxy) is 1. The van der Waals surface area contributed by atoms with Gasteiger partial charge in [-0.25, -0.2) is 0 Å². The molecular weight excluding hydrogens is 276 g/mol. The second-order valence-corrected chi connectivity index (χ2v) is 6.53. The van der Waals surface area contributed by atoms with Crippen LogP contribution < -0.4 is 5.73 Å². The van der Waals surface area contributed by atoms with Crippen molar-refractivity contribution in [2.24, 2.45) is 17.6 Å². The summed E-state index contributed by atoms with van der Waals surface area (Å²) in [6.07, 6.45) is 0.464.